The average Bonchev–Trinajstić information content (AvgIpc) is 2.31. The molecule has 0 unspecified atom stereocenters. The molecule has 1 heterocycles. The van der Waals surface area contributed by atoms with Crippen LogP contribution in [0.4, 0.5) is 6.01 Å². The molecule has 0 saturated heterocycles. The van der Waals surface area contributed by atoms with Crippen molar-refractivity contribution in [2.24, 2.45) is 5.92 Å². The zero-order valence-electron chi connectivity index (χ0n) is 7.09. The van der Waals surface area contributed by atoms with Gasteiger partial charge in [-0.15, -0.1) is 5.10 Å². The summed E-state index contributed by atoms with van der Waals surface area (Å²) in [7, 11) is 0. The zero-order valence-corrected chi connectivity index (χ0v) is 7.09. The molecular formula is C7H13N3O. The molecule has 0 amide bonds. The summed E-state index contributed by atoms with van der Waals surface area (Å²) in [6.07, 6.45) is 0. The van der Waals surface area contributed by atoms with Crippen LogP contribution in [0.3, 0.4) is 0 Å². The van der Waals surface area contributed by atoms with E-state index >= 15 is 0 Å². The van der Waals surface area contributed by atoms with Crippen LogP contribution in [-0.2, 0) is 0 Å². The summed E-state index contributed by atoms with van der Waals surface area (Å²) in [4.78, 5) is 0. The lowest BCUT2D eigenvalue weighted by Gasteiger charge is -2.02. The number of nitrogens with zero attached hydrogens (tertiary/aromatic N) is 2. The fraction of sp³-hybridized carbons (Fsp3) is 0.714. The minimum atomic E-state index is 0.510. The van der Waals surface area contributed by atoms with Gasteiger partial charge in [-0.05, 0) is 5.92 Å². The highest BCUT2D eigenvalue weighted by atomic mass is 16.4. The minimum absolute atomic E-state index is 0.510. The highest BCUT2D eigenvalue weighted by Crippen LogP contribution is 2.04. The van der Waals surface area contributed by atoms with Crippen LogP contribution in [0.1, 0.15) is 19.7 Å². The Balaban J connectivity index is 2.39. The first-order valence-corrected chi connectivity index (χ1v) is 3.72. The highest BCUT2D eigenvalue weighted by Gasteiger charge is 2.00. The quantitative estimate of drug-likeness (QED) is 0.717. The SMILES string of the molecule is Cc1nnc(NCC(C)C)o1. The summed E-state index contributed by atoms with van der Waals surface area (Å²) >= 11 is 0. The lowest BCUT2D eigenvalue weighted by molar-refractivity contribution is 0.525. The van der Waals surface area contributed by atoms with Crippen molar-refractivity contribution in [2.45, 2.75) is 20.8 Å². The Morgan fingerprint density at radius 2 is 2.18 bits per heavy atom. The van der Waals surface area contributed by atoms with Gasteiger partial charge in [0.05, 0.1) is 0 Å². The Morgan fingerprint density at radius 3 is 2.64 bits per heavy atom. The Morgan fingerprint density at radius 1 is 1.45 bits per heavy atom. The number of rotatable bonds is 3. The number of hydrogen-bond acceptors (Lipinski definition) is 4. The molecule has 0 saturated carbocycles. The fourth-order valence-corrected chi connectivity index (χ4v) is 0.659. The van der Waals surface area contributed by atoms with Crippen molar-refractivity contribution >= 4 is 6.01 Å². The second-order valence-electron chi connectivity index (χ2n) is 2.90. The molecule has 4 nitrogen and oxygen atoms in total. The normalized spacial score (nSPS) is 10.5. The summed E-state index contributed by atoms with van der Waals surface area (Å²) in [6, 6.07) is 0.510. The Bertz CT molecular complexity index is 219. The third-order valence-electron chi connectivity index (χ3n) is 1.19. The number of nitrogens with one attached hydrogen (secondary N) is 1. The van der Waals surface area contributed by atoms with E-state index in [-0.39, 0.29) is 0 Å². The molecule has 0 fully saturated rings. The van der Waals surface area contributed by atoms with Gasteiger partial charge < -0.3 is 9.73 Å². The fourth-order valence-electron chi connectivity index (χ4n) is 0.659. The second-order valence-corrected chi connectivity index (χ2v) is 2.90. The number of anilines is 1. The van der Waals surface area contributed by atoms with Gasteiger partial charge in [0.2, 0.25) is 5.89 Å². The van der Waals surface area contributed by atoms with Crippen LogP contribution in [0.15, 0.2) is 4.42 Å². The first-order chi connectivity index (χ1) is 5.18. The second kappa shape index (κ2) is 3.37. The first kappa shape index (κ1) is 8.04. The molecule has 0 spiro atoms. The largest absolute Gasteiger partial charge is 0.408 e. The van der Waals surface area contributed by atoms with Crippen LogP contribution in [0.25, 0.3) is 0 Å². The molecule has 1 aromatic rings. The summed E-state index contributed by atoms with van der Waals surface area (Å²) in [6.45, 7) is 6.88. The smallest absolute Gasteiger partial charge is 0.315 e. The van der Waals surface area contributed by atoms with Crippen LogP contribution >= 0.6 is 0 Å². The van der Waals surface area contributed by atoms with Gasteiger partial charge in [-0.3, -0.25) is 0 Å². The maximum atomic E-state index is 5.10. The van der Waals surface area contributed by atoms with Crippen molar-refractivity contribution in [1.29, 1.82) is 0 Å². The van der Waals surface area contributed by atoms with Crippen molar-refractivity contribution in [3.63, 3.8) is 0 Å². The first-order valence-electron chi connectivity index (χ1n) is 3.72. The molecule has 0 atom stereocenters. The summed E-state index contributed by atoms with van der Waals surface area (Å²) in [5, 5.41) is 10.5. The van der Waals surface area contributed by atoms with E-state index in [4.69, 9.17) is 4.42 Å². The molecule has 0 radical (unpaired) electrons. The van der Waals surface area contributed by atoms with Gasteiger partial charge in [0.1, 0.15) is 0 Å². The molecule has 11 heavy (non-hydrogen) atoms. The summed E-state index contributed by atoms with van der Waals surface area (Å²) < 4.78 is 5.10. The molecule has 1 rings (SSSR count). The molecular weight excluding hydrogens is 142 g/mol. The molecule has 0 aromatic carbocycles. The molecule has 62 valence electrons. The Hall–Kier alpha value is -1.06. The summed E-state index contributed by atoms with van der Waals surface area (Å²) in [5.74, 6) is 1.18. The lowest BCUT2D eigenvalue weighted by atomic mass is 10.2. The standard InChI is InChI=1S/C7H13N3O/c1-5(2)4-8-7-10-9-6(3)11-7/h5H,4H2,1-3H3,(H,8,10). The van der Waals surface area contributed by atoms with Crippen LogP contribution < -0.4 is 5.32 Å². The van der Waals surface area contributed by atoms with Crippen molar-refractivity contribution in [1.82, 2.24) is 10.2 Å². The van der Waals surface area contributed by atoms with Gasteiger partial charge in [-0.1, -0.05) is 18.9 Å². The van der Waals surface area contributed by atoms with E-state index in [1.165, 1.54) is 0 Å². The Kier molecular flexibility index (Phi) is 2.46. The van der Waals surface area contributed by atoms with Crippen LogP contribution in [0, 0.1) is 12.8 Å². The predicted molar refractivity (Wildman–Crippen MR) is 42.4 cm³/mol. The molecule has 0 aliphatic rings. The van der Waals surface area contributed by atoms with E-state index in [2.05, 4.69) is 29.4 Å². The molecule has 4 heteroatoms. The van der Waals surface area contributed by atoms with Crippen molar-refractivity contribution in [3.8, 4) is 0 Å². The maximum Gasteiger partial charge on any atom is 0.315 e. The van der Waals surface area contributed by atoms with E-state index in [0.717, 1.165) is 6.54 Å². The van der Waals surface area contributed by atoms with Crippen LogP contribution in [0.2, 0.25) is 0 Å². The summed E-state index contributed by atoms with van der Waals surface area (Å²) in [5.41, 5.74) is 0. The molecule has 0 bridgehead atoms. The van der Waals surface area contributed by atoms with E-state index in [0.29, 0.717) is 17.8 Å². The third-order valence-corrected chi connectivity index (χ3v) is 1.19. The maximum absolute atomic E-state index is 5.10. The third kappa shape index (κ3) is 2.57. The van der Waals surface area contributed by atoms with Crippen molar-refractivity contribution < 1.29 is 4.42 Å². The van der Waals surface area contributed by atoms with Gasteiger partial charge in [0, 0.05) is 13.5 Å². The molecule has 0 aliphatic carbocycles. The zero-order chi connectivity index (χ0) is 8.27. The Labute approximate surface area is 66.0 Å². The van der Waals surface area contributed by atoms with Gasteiger partial charge in [-0.25, -0.2) is 0 Å². The van der Waals surface area contributed by atoms with E-state index in [9.17, 15) is 0 Å². The minimum Gasteiger partial charge on any atom is -0.408 e. The molecule has 1 aromatic heterocycles. The van der Waals surface area contributed by atoms with E-state index in [1.54, 1.807) is 6.92 Å². The van der Waals surface area contributed by atoms with Crippen LogP contribution in [-0.4, -0.2) is 16.7 Å². The number of aromatic nitrogens is 2. The number of hydrogen-bond donors (Lipinski definition) is 1. The van der Waals surface area contributed by atoms with Crippen molar-refractivity contribution in [3.05, 3.63) is 5.89 Å². The van der Waals surface area contributed by atoms with Crippen molar-refractivity contribution in [2.75, 3.05) is 11.9 Å². The molecule has 0 aliphatic heterocycles. The van der Waals surface area contributed by atoms with E-state index in [1.807, 2.05) is 0 Å². The van der Waals surface area contributed by atoms with Gasteiger partial charge in [-0.2, -0.15) is 0 Å². The highest BCUT2D eigenvalue weighted by molar-refractivity contribution is 5.16. The monoisotopic (exact) mass is 155 g/mol. The molecule has 1 N–H and O–H groups in total. The van der Waals surface area contributed by atoms with Gasteiger partial charge in [0.25, 0.3) is 0 Å². The average molecular weight is 155 g/mol. The van der Waals surface area contributed by atoms with Gasteiger partial charge >= 0.3 is 6.01 Å². The number of aryl methyl sites for hydroxylation is 1. The predicted octanol–water partition coefficient (Wildman–Crippen LogP) is 1.45. The lowest BCUT2D eigenvalue weighted by Crippen LogP contribution is -2.07. The topological polar surface area (TPSA) is 51.0 Å². The van der Waals surface area contributed by atoms with E-state index < -0.39 is 0 Å². The van der Waals surface area contributed by atoms with Gasteiger partial charge in [0.15, 0.2) is 0 Å². The van der Waals surface area contributed by atoms with Crippen LogP contribution in [0.5, 0.6) is 0 Å².